The molecule has 1 aliphatic rings. The summed E-state index contributed by atoms with van der Waals surface area (Å²) in [4.78, 5) is 0. The van der Waals surface area contributed by atoms with E-state index in [-0.39, 0.29) is 5.82 Å². The van der Waals surface area contributed by atoms with Crippen LogP contribution in [0.4, 0.5) is 0 Å². The molecular formula is C2H4N2O3S. The first-order chi connectivity index (χ1) is 3.60. The molecule has 0 atom stereocenters. The number of nitrogens with two attached hydrogens (primary N) is 1. The van der Waals surface area contributed by atoms with E-state index in [1.54, 1.807) is 0 Å². The normalized spacial score (nSPS) is 23.2. The van der Waals surface area contributed by atoms with Gasteiger partial charge < -0.3 is 9.92 Å². The first-order valence-electron chi connectivity index (χ1n) is 1.77. The monoisotopic (exact) mass is 136 g/mol. The van der Waals surface area contributed by atoms with E-state index in [0.717, 1.165) is 6.26 Å². The van der Waals surface area contributed by atoms with Crippen molar-refractivity contribution in [3.8, 4) is 0 Å². The molecule has 0 aromatic rings. The van der Waals surface area contributed by atoms with Crippen molar-refractivity contribution < 1.29 is 12.6 Å². The van der Waals surface area contributed by atoms with Gasteiger partial charge in [0, 0.05) is 0 Å². The van der Waals surface area contributed by atoms with Gasteiger partial charge in [-0.05, 0) is 0 Å². The van der Waals surface area contributed by atoms with Gasteiger partial charge in [-0.25, -0.2) is 4.72 Å². The molecule has 0 bridgehead atoms. The van der Waals surface area contributed by atoms with Crippen LogP contribution in [0.15, 0.2) is 12.1 Å². The molecule has 1 aliphatic heterocycles. The zero-order valence-electron chi connectivity index (χ0n) is 3.79. The van der Waals surface area contributed by atoms with Crippen molar-refractivity contribution >= 4 is 10.3 Å². The Labute approximate surface area is 46.4 Å². The summed E-state index contributed by atoms with van der Waals surface area (Å²) in [5.41, 5.74) is 4.96. The molecule has 0 aromatic heterocycles. The highest BCUT2D eigenvalue weighted by Gasteiger charge is 2.16. The van der Waals surface area contributed by atoms with Crippen molar-refractivity contribution in [2.24, 2.45) is 5.73 Å². The minimum Gasteiger partial charge on any atom is -0.382 e. The maximum atomic E-state index is 10.2. The Morgan fingerprint density at radius 3 is 2.50 bits per heavy atom. The van der Waals surface area contributed by atoms with Gasteiger partial charge in [0.2, 0.25) is 0 Å². The predicted molar refractivity (Wildman–Crippen MR) is 25.4 cm³/mol. The smallest absolute Gasteiger partial charge is 0.382 e. The molecule has 1 heterocycles. The molecule has 5 nitrogen and oxygen atoms in total. The average Bonchev–Trinajstić information content (AvgIpc) is 1.82. The molecular weight excluding hydrogens is 132 g/mol. The highest BCUT2D eigenvalue weighted by atomic mass is 32.2. The molecule has 0 spiro atoms. The molecule has 0 fully saturated rings. The van der Waals surface area contributed by atoms with Crippen molar-refractivity contribution in [3.63, 3.8) is 0 Å². The van der Waals surface area contributed by atoms with E-state index < -0.39 is 10.3 Å². The summed E-state index contributed by atoms with van der Waals surface area (Å²) in [6.45, 7) is 0. The minimum atomic E-state index is -3.56. The molecule has 0 saturated carbocycles. The molecule has 0 amide bonds. The molecule has 0 saturated heterocycles. The van der Waals surface area contributed by atoms with E-state index in [9.17, 15) is 8.42 Å². The fraction of sp³-hybridized carbons (Fsp3) is 0. The second-order valence-corrected chi connectivity index (χ2v) is 2.53. The average molecular weight is 136 g/mol. The molecule has 3 N–H and O–H groups in total. The van der Waals surface area contributed by atoms with Crippen LogP contribution in [0, 0.1) is 0 Å². The maximum absolute atomic E-state index is 10.2. The lowest BCUT2D eigenvalue weighted by Crippen LogP contribution is -2.20. The minimum absolute atomic E-state index is 0.00463. The fourth-order valence-electron chi connectivity index (χ4n) is 0.308. The van der Waals surface area contributed by atoms with Gasteiger partial charge in [0.1, 0.15) is 12.1 Å². The molecule has 0 aliphatic carbocycles. The third-order valence-electron chi connectivity index (χ3n) is 0.545. The predicted octanol–water partition coefficient (Wildman–Crippen LogP) is -1.39. The largest absolute Gasteiger partial charge is 0.408 e. The van der Waals surface area contributed by atoms with E-state index in [2.05, 4.69) is 4.18 Å². The van der Waals surface area contributed by atoms with Gasteiger partial charge in [-0.1, -0.05) is 0 Å². The van der Waals surface area contributed by atoms with Gasteiger partial charge >= 0.3 is 10.3 Å². The van der Waals surface area contributed by atoms with Gasteiger partial charge in [-0.2, -0.15) is 8.42 Å². The Morgan fingerprint density at radius 2 is 2.38 bits per heavy atom. The standard InChI is InChI=1S/C2H4N2O3S/c3-2-1-7-8(5,6)4-2/h1,4H,3H2. The third-order valence-corrected chi connectivity index (χ3v) is 1.38. The Hall–Kier alpha value is -0.910. The third kappa shape index (κ3) is 0.836. The van der Waals surface area contributed by atoms with E-state index in [1.165, 1.54) is 0 Å². The fourth-order valence-corrected chi connectivity index (χ4v) is 0.923. The SMILES string of the molecule is NC1=COS(=O)(=O)N1. The quantitative estimate of drug-likeness (QED) is 0.429. The summed E-state index contributed by atoms with van der Waals surface area (Å²) in [5.74, 6) is 0.00463. The lowest BCUT2D eigenvalue weighted by molar-refractivity contribution is 0.453. The number of hydrogen-bond donors (Lipinski definition) is 2. The Bertz CT molecular complexity index is 215. The van der Waals surface area contributed by atoms with Crippen LogP contribution in [-0.4, -0.2) is 8.42 Å². The van der Waals surface area contributed by atoms with Crippen LogP contribution in [0.5, 0.6) is 0 Å². The van der Waals surface area contributed by atoms with Crippen LogP contribution in [0.25, 0.3) is 0 Å². The topological polar surface area (TPSA) is 81.4 Å². The van der Waals surface area contributed by atoms with Crippen LogP contribution in [0.3, 0.4) is 0 Å². The van der Waals surface area contributed by atoms with Gasteiger partial charge in [0.05, 0.1) is 0 Å². The van der Waals surface area contributed by atoms with Gasteiger partial charge in [-0.15, -0.1) is 0 Å². The second-order valence-electron chi connectivity index (χ2n) is 1.23. The Balaban J connectivity index is 2.85. The van der Waals surface area contributed by atoms with Gasteiger partial charge in [-0.3, -0.25) is 0 Å². The molecule has 6 heteroatoms. The number of rotatable bonds is 0. The molecule has 8 heavy (non-hydrogen) atoms. The summed E-state index contributed by atoms with van der Waals surface area (Å²) in [5, 5.41) is 0. The number of nitrogens with one attached hydrogen (secondary N) is 1. The summed E-state index contributed by atoms with van der Waals surface area (Å²) in [7, 11) is -3.56. The summed E-state index contributed by atoms with van der Waals surface area (Å²) < 4.78 is 26.3. The van der Waals surface area contributed by atoms with Crippen molar-refractivity contribution in [1.29, 1.82) is 0 Å². The zero-order valence-corrected chi connectivity index (χ0v) is 4.60. The summed E-state index contributed by atoms with van der Waals surface area (Å²) in [6, 6.07) is 0. The first-order valence-corrected chi connectivity index (χ1v) is 3.18. The second kappa shape index (κ2) is 1.28. The Kier molecular flexibility index (Phi) is 0.839. The summed E-state index contributed by atoms with van der Waals surface area (Å²) >= 11 is 0. The van der Waals surface area contributed by atoms with Crippen molar-refractivity contribution in [2.75, 3.05) is 0 Å². The first kappa shape index (κ1) is 5.23. The molecule has 46 valence electrons. The zero-order chi connectivity index (χ0) is 6.20. The van der Waals surface area contributed by atoms with E-state index >= 15 is 0 Å². The lowest BCUT2D eigenvalue weighted by Gasteiger charge is -1.90. The van der Waals surface area contributed by atoms with Crippen LogP contribution < -0.4 is 10.5 Å². The Morgan fingerprint density at radius 1 is 1.75 bits per heavy atom. The molecule has 0 radical (unpaired) electrons. The molecule has 0 unspecified atom stereocenters. The highest BCUT2D eigenvalue weighted by Crippen LogP contribution is 1.99. The molecule has 1 rings (SSSR count). The van der Waals surface area contributed by atoms with E-state index in [0.29, 0.717) is 0 Å². The van der Waals surface area contributed by atoms with Gasteiger partial charge in [0.25, 0.3) is 0 Å². The van der Waals surface area contributed by atoms with Crippen LogP contribution in [0.2, 0.25) is 0 Å². The molecule has 0 aromatic carbocycles. The van der Waals surface area contributed by atoms with Crippen molar-refractivity contribution in [2.45, 2.75) is 0 Å². The lowest BCUT2D eigenvalue weighted by atomic mass is 10.9. The van der Waals surface area contributed by atoms with Crippen molar-refractivity contribution in [1.82, 2.24) is 4.72 Å². The van der Waals surface area contributed by atoms with Crippen LogP contribution in [0.1, 0.15) is 0 Å². The van der Waals surface area contributed by atoms with Crippen LogP contribution >= 0.6 is 0 Å². The van der Waals surface area contributed by atoms with Crippen molar-refractivity contribution in [3.05, 3.63) is 12.1 Å². The summed E-state index contributed by atoms with van der Waals surface area (Å²) in [6.07, 6.45) is 0.926. The van der Waals surface area contributed by atoms with E-state index in [1.807, 2.05) is 4.72 Å². The maximum Gasteiger partial charge on any atom is 0.408 e. The van der Waals surface area contributed by atoms with Crippen LogP contribution in [-0.2, 0) is 14.5 Å². The van der Waals surface area contributed by atoms with E-state index in [4.69, 9.17) is 5.73 Å². The number of hydrogen-bond acceptors (Lipinski definition) is 4. The van der Waals surface area contributed by atoms with Gasteiger partial charge in [0.15, 0.2) is 0 Å². The highest BCUT2D eigenvalue weighted by molar-refractivity contribution is 7.85.